The molecule has 0 radical (unpaired) electrons. The Morgan fingerprint density at radius 1 is 0.800 bits per heavy atom. The Balaban J connectivity index is 1.22. The second-order valence-electron chi connectivity index (χ2n) is 7.69. The highest BCUT2D eigenvalue weighted by molar-refractivity contribution is 5.93. The highest BCUT2D eigenvalue weighted by atomic mass is 16.2. The lowest BCUT2D eigenvalue weighted by Gasteiger charge is -2.30. The number of imidazole rings is 2. The minimum absolute atomic E-state index is 0.00225. The second kappa shape index (κ2) is 7.62. The molecule has 30 heavy (non-hydrogen) atoms. The Morgan fingerprint density at radius 3 is 1.77 bits per heavy atom. The maximum atomic E-state index is 12.6. The molecule has 0 bridgehead atoms. The number of aromatic nitrogens is 4. The van der Waals surface area contributed by atoms with Crippen molar-refractivity contribution in [1.29, 1.82) is 0 Å². The normalized spacial score (nSPS) is 19.1. The van der Waals surface area contributed by atoms with E-state index < -0.39 is 0 Å². The molecule has 0 spiro atoms. The van der Waals surface area contributed by atoms with Gasteiger partial charge in [0.15, 0.2) is 0 Å². The first-order chi connectivity index (χ1) is 14.7. The van der Waals surface area contributed by atoms with Crippen LogP contribution in [0.3, 0.4) is 0 Å². The number of carbonyl (C=O) groups excluding carboxylic acids is 2. The second-order valence-corrected chi connectivity index (χ2v) is 7.69. The summed E-state index contributed by atoms with van der Waals surface area (Å²) in [7, 11) is 0. The maximum absolute atomic E-state index is 12.6. The molecule has 4 aromatic rings. The molecule has 8 heteroatoms. The fraction of sp³-hybridized carbons (Fsp3) is 0.273. The van der Waals surface area contributed by atoms with Crippen LogP contribution in [0.25, 0.3) is 11.3 Å². The molecule has 4 aromatic heterocycles. The van der Waals surface area contributed by atoms with E-state index in [1.54, 1.807) is 12.4 Å². The molecule has 0 saturated heterocycles. The molecule has 2 amide bonds. The van der Waals surface area contributed by atoms with Gasteiger partial charge in [-0.05, 0) is 49.9 Å². The SMILES string of the molecule is O=C(NC1CCCC(NC(=O)c2cn3ccccc3n2)C1)c1cn2ccccc2n1. The van der Waals surface area contributed by atoms with Gasteiger partial charge in [-0.1, -0.05) is 12.1 Å². The molecular weight excluding hydrogens is 380 g/mol. The summed E-state index contributed by atoms with van der Waals surface area (Å²) in [4.78, 5) is 34.0. The van der Waals surface area contributed by atoms with Crippen LogP contribution in [0, 0.1) is 0 Å². The van der Waals surface area contributed by atoms with Gasteiger partial charge in [-0.3, -0.25) is 9.59 Å². The lowest BCUT2D eigenvalue weighted by molar-refractivity contribution is 0.0898. The van der Waals surface area contributed by atoms with E-state index >= 15 is 0 Å². The lowest BCUT2D eigenvalue weighted by Crippen LogP contribution is -2.45. The summed E-state index contributed by atoms with van der Waals surface area (Å²) in [6.45, 7) is 0. The van der Waals surface area contributed by atoms with E-state index in [4.69, 9.17) is 0 Å². The highest BCUT2D eigenvalue weighted by Crippen LogP contribution is 2.20. The van der Waals surface area contributed by atoms with Crippen LogP contribution in [0.1, 0.15) is 46.7 Å². The number of nitrogens with one attached hydrogen (secondary N) is 2. The Morgan fingerprint density at radius 2 is 1.30 bits per heavy atom. The van der Waals surface area contributed by atoms with Gasteiger partial charge in [0.25, 0.3) is 11.8 Å². The summed E-state index contributed by atoms with van der Waals surface area (Å²) in [5.41, 5.74) is 2.28. The van der Waals surface area contributed by atoms with Crippen molar-refractivity contribution in [1.82, 2.24) is 29.4 Å². The van der Waals surface area contributed by atoms with Gasteiger partial charge in [0.2, 0.25) is 0 Å². The first kappa shape index (κ1) is 18.4. The molecule has 5 rings (SSSR count). The quantitative estimate of drug-likeness (QED) is 0.548. The third-order valence-electron chi connectivity index (χ3n) is 5.54. The van der Waals surface area contributed by atoms with Crippen molar-refractivity contribution >= 4 is 23.1 Å². The van der Waals surface area contributed by atoms with Gasteiger partial charge >= 0.3 is 0 Å². The molecule has 4 heterocycles. The van der Waals surface area contributed by atoms with Crippen LogP contribution in [0.15, 0.2) is 61.2 Å². The van der Waals surface area contributed by atoms with Gasteiger partial charge < -0.3 is 19.4 Å². The summed E-state index contributed by atoms with van der Waals surface area (Å²) in [6.07, 6.45) is 10.6. The van der Waals surface area contributed by atoms with Crippen LogP contribution < -0.4 is 10.6 Å². The fourth-order valence-electron chi connectivity index (χ4n) is 4.06. The molecule has 2 N–H and O–H groups in total. The Labute approximate surface area is 173 Å². The Kier molecular flexibility index (Phi) is 4.66. The van der Waals surface area contributed by atoms with Crippen LogP contribution in [0.2, 0.25) is 0 Å². The number of carbonyl (C=O) groups is 2. The van der Waals surface area contributed by atoms with Crippen molar-refractivity contribution in [2.75, 3.05) is 0 Å². The first-order valence-electron chi connectivity index (χ1n) is 10.1. The van der Waals surface area contributed by atoms with Gasteiger partial charge in [-0.2, -0.15) is 0 Å². The lowest BCUT2D eigenvalue weighted by atomic mass is 9.90. The molecule has 8 nitrogen and oxygen atoms in total. The van der Waals surface area contributed by atoms with E-state index in [1.165, 1.54) is 0 Å². The third kappa shape index (κ3) is 3.63. The molecule has 1 aliphatic carbocycles. The zero-order valence-electron chi connectivity index (χ0n) is 16.4. The summed E-state index contributed by atoms with van der Waals surface area (Å²) in [5.74, 6) is -0.368. The summed E-state index contributed by atoms with van der Waals surface area (Å²) >= 11 is 0. The molecule has 1 saturated carbocycles. The van der Waals surface area contributed by atoms with Crippen molar-refractivity contribution in [2.45, 2.75) is 37.8 Å². The molecule has 152 valence electrons. The third-order valence-corrected chi connectivity index (χ3v) is 5.54. The molecule has 0 aromatic carbocycles. The summed E-state index contributed by atoms with van der Waals surface area (Å²) in [6, 6.07) is 11.3. The van der Waals surface area contributed by atoms with E-state index in [1.807, 2.05) is 57.6 Å². The number of amides is 2. The van der Waals surface area contributed by atoms with Gasteiger partial charge in [0.05, 0.1) is 0 Å². The number of hydrogen-bond donors (Lipinski definition) is 2. The largest absolute Gasteiger partial charge is 0.348 e. The van der Waals surface area contributed by atoms with Crippen molar-refractivity contribution in [3.05, 3.63) is 72.6 Å². The van der Waals surface area contributed by atoms with Crippen molar-refractivity contribution in [3.8, 4) is 0 Å². The average molecular weight is 402 g/mol. The van der Waals surface area contributed by atoms with Gasteiger partial charge in [0.1, 0.15) is 22.7 Å². The van der Waals surface area contributed by atoms with Gasteiger partial charge in [-0.15, -0.1) is 0 Å². The zero-order chi connectivity index (χ0) is 20.5. The van der Waals surface area contributed by atoms with Gasteiger partial charge in [-0.25, -0.2) is 9.97 Å². The molecule has 0 aliphatic heterocycles. The van der Waals surface area contributed by atoms with E-state index in [0.29, 0.717) is 17.8 Å². The fourth-order valence-corrected chi connectivity index (χ4v) is 4.06. The van der Waals surface area contributed by atoms with E-state index in [2.05, 4.69) is 20.6 Å². The van der Waals surface area contributed by atoms with Crippen LogP contribution in [-0.4, -0.2) is 42.7 Å². The monoisotopic (exact) mass is 402 g/mol. The van der Waals surface area contributed by atoms with E-state index in [9.17, 15) is 9.59 Å². The maximum Gasteiger partial charge on any atom is 0.271 e. The minimum atomic E-state index is -0.184. The van der Waals surface area contributed by atoms with Crippen molar-refractivity contribution < 1.29 is 9.59 Å². The number of nitrogens with zero attached hydrogens (tertiary/aromatic N) is 4. The summed E-state index contributed by atoms with van der Waals surface area (Å²) in [5, 5.41) is 6.15. The molecule has 1 aliphatic rings. The van der Waals surface area contributed by atoms with Crippen LogP contribution in [-0.2, 0) is 0 Å². The first-order valence-corrected chi connectivity index (χ1v) is 10.1. The van der Waals surface area contributed by atoms with Crippen molar-refractivity contribution in [3.63, 3.8) is 0 Å². The number of rotatable bonds is 4. The topological polar surface area (TPSA) is 92.8 Å². The van der Waals surface area contributed by atoms with Gasteiger partial charge in [0, 0.05) is 36.9 Å². The predicted molar refractivity (Wildman–Crippen MR) is 111 cm³/mol. The smallest absolute Gasteiger partial charge is 0.271 e. The Bertz CT molecular complexity index is 1070. The van der Waals surface area contributed by atoms with E-state index in [0.717, 1.165) is 30.6 Å². The summed E-state index contributed by atoms with van der Waals surface area (Å²) < 4.78 is 3.65. The highest BCUT2D eigenvalue weighted by Gasteiger charge is 2.26. The Hall–Kier alpha value is -3.68. The standard InChI is InChI=1S/C22H22N6O2/c29-21(17-13-27-10-3-1-8-19(27)25-17)23-15-6-5-7-16(12-15)24-22(30)18-14-28-11-4-2-9-20(28)26-18/h1-4,8-11,13-16H,5-7,12H2,(H,23,29)(H,24,30). The molecule has 1 fully saturated rings. The predicted octanol–water partition coefficient (Wildman–Crippen LogP) is 2.45. The molecule has 2 atom stereocenters. The van der Waals surface area contributed by atoms with Crippen LogP contribution >= 0.6 is 0 Å². The van der Waals surface area contributed by atoms with Crippen molar-refractivity contribution in [2.24, 2.45) is 0 Å². The number of pyridine rings is 2. The average Bonchev–Trinajstić information content (AvgIpc) is 3.38. The molecular formula is C22H22N6O2. The molecule has 2 unspecified atom stereocenters. The van der Waals surface area contributed by atoms with Crippen LogP contribution in [0.4, 0.5) is 0 Å². The van der Waals surface area contributed by atoms with E-state index in [-0.39, 0.29) is 23.9 Å². The van der Waals surface area contributed by atoms with Crippen LogP contribution in [0.5, 0.6) is 0 Å². The minimum Gasteiger partial charge on any atom is -0.348 e. The zero-order valence-corrected chi connectivity index (χ0v) is 16.4. The number of fused-ring (bicyclic) bond motifs is 2. The number of hydrogen-bond acceptors (Lipinski definition) is 4.